The van der Waals surface area contributed by atoms with Crippen molar-refractivity contribution in [3.8, 4) is 0 Å². The van der Waals surface area contributed by atoms with Crippen molar-refractivity contribution in [2.24, 2.45) is 0 Å². The van der Waals surface area contributed by atoms with Gasteiger partial charge in [-0.05, 0) is 31.2 Å². The molecule has 1 saturated heterocycles. The number of hydrogen-bond acceptors (Lipinski definition) is 3. The molecule has 1 amide bonds. The predicted octanol–water partition coefficient (Wildman–Crippen LogP) is 4.22. The van der Waals surface area contributed by atoms with Gasteiger partial charge in [0.1, 0.15) is 0 Å². The van der Waals surface area contributed by atoms with E-state index in [1.807, 2.05) is 23.1 Å². The molecule has 0 saturated carbocycles. The molecule has 1 aromatic rings. The van der Waals surface area contributed by atoms with Gasteiger partial charge in [-0.25, -0.2) is 0 Å². The van der Waals surface area contributed by atoms with Crippen molar-refractivity contribution in [1.29, 1.82) is 0 Å². The number of carboxylic acid groups (broad SMARTS) is 1. The Morgan fingerprint density at radius 2 is 2.00 bits per heavy atom. The number of carbonyl (C=O) groups is 2. The molecule has 1 heterocycles. The van der Waals surface area contributed by atoms with Gasteiger partial charge in [-0.2, -0.15) is 0 Å². The van der Waals surface area contributed by atoms with Gasteiger partial charge < -0.3 is 14.7 Å². The highest BCUT2D eigenvalue weighted by molar-refractivity contribution is 5.77. The van der Waals surface area contributed by atoms with Crippen LogP contribution in [0.15, 0.2) is 42.5 Å². The Kier molecular flexibility index (Phi) is 9.77. The molecule has 1 unspecified atom stereocenters. The lowest BCUT2D eigenvalue weighted by Gasteiger charge is -2.34. The molecular formula is C23H33NO4. The summed E-state index contributed by atoms with van der Waals surface area (Å²) >= 11 is 0. The summed E-state index contributed by atoms with van der Waals surface area (Å²) < 4.78 is 5.61. The van der Waals surface area contributed by atoms with Crippen LogP contribution in [0, 0.1) is 0 Å². The average molecular weight is 388 g/mol. The van der Waals surface area contributed by atoms with Crippen LogP contribution < -0.4 is 0 Å². The molecule has 1 aliphatic heterocycles. The lowest BCUT2D eigenvalue weighted by Crippen LogP contribution is -2.43. The number of unbranched alkanes of at least 4 members (excludes halogenated alkanes) is 3. The van der Waals surface area contributed by atoms with Crippen molar-refractivity contribution in [2.45, 2.75) is 69.9 Å². The lowest BCUT2D eigenvalue weighted by molar-refractivity contribution is -0.137. The number of nitrogens with zero attached hydrogens (tertiary/aromatic N) is 1. The van der Waals surface area contributed by atoms with Crippen LogP contribution in [-0.2, 0) is 20.7 Å². The number of ether oxygens (including phenoxy) is 1. The zero-order chi connectivity index (χ0) is 20.2. The van der Waals surface area contributed by atoms with E-state index in [0.29, 0.717) is 12.8 Å². The molecule has 0 aromatic heterocycles. The van der Waals surface area contributed by atoms with Gasteiger partial charge in [0, 0.05) is 32.9 Å². The summed E-state index contributed by atoms with van der Waals surface area (Å²) in [5.41, 5.74) is 1.23. The second-order valence-corrected chi connectivity index (χ2v) is 7.45. The second kappa shape index (κ2) is 12.3. The summed E-state index contributed by atoms with van der Waals surface area (Å²) in [7, 11) is 1.72. The Balaban J connectivity index is 1.84. The van der Waals surface area contributed by atoms with Gasteiger partial charge in [0.2, 0.25) is 5.91 Å². The average Bonchev–Trinajstić information content (AvgIpc) is 2.69. The first kappa shape index (κ1) is 22.2. The standard InChI is InChI=1S/C23H33NO4/c1-28-21(18-19-10-5-4-6-11-19)16-15-20-12-9-13-22(25)24(20)17-8-3-2-7-14-23(26)27/h4-6,10-11,15-16,20-21H,2-3,7-9,12-14,17-18H2,1H3,(H,26,27)/t20-,21?/m1/s1. The van der Waals surface area contributed by atoms with Gasteiger partial charge in [0.15, 0.2) is 0 Å². The molecule has 0 bridgehead atoms. The molecule has 2 rings (SSSR count). The molecule has 1 N–H and O–H groups in total. The summed E-state index contributed by atoms with van der Waals surface area (Å²) in [4.78, 5) is 25.0. The lowest BCUT2D eigenvalue weighted by atomic mass is 9.99. The SMILES string of the molecule is COC(C=C[C@H]1CCCC(=O)N1CCCCCCC(=O)O)Cc1ccccc1. The summed E-state index contributed by atoms with van der Waals surface area (Å²) in [6.07, 6.45) is 11.3. The van der Waals surface area contributed by atoms with Crippen LogP contribution >= 0.6 is 0 Å². The van der Waals surface area contributed by atoms with E-state index < -0.39 is 5.97 Å². The largest absolute Gasteiger partial charge is 0.481 e. The monoisotopic (exact) mass is 387 g/mol. The number of carboxylic acids is 1. The smallest absolute Gasteiger partial charge is 0.303 e. The Morgan fingerprint density at radius 3 is 2.71 bits per heavy atom. The molecule has 2 atom stereocenters. The Labute approximate surface area is 168 Å². The number of methoxy groups -OCH3 is 1. The van der Waals surface area contributed by atoms with Crippen LogP contribution in [0.5, 0.6) is 0 Å². The van der Waals surface area contributed by atoms with Crippen molar-refractivity contribution >= 4 is 11.9 Å². The molecule has 5 heteroatoms. The maximum absolute atomic E-state index is 12.4. The van der Waals surface area contributed by atoms with Crippen molar-refractivity contribution in [3.63, 3.8) is 0 Å². The number of aliphatic carboxylic acids is 1. The minimum atomic E-state index is -0.736. The molecule has 0 aliphatic carbocycles. The third kappa shape index (κ3) is 7.85. The molecule has 1 aliphatic rings. The van der Waals surface area contributed by atoms with Crippen molar-refractivity contribution in [3.05, 3.63) is 48.0 Å². The first-order chi connectivity index (χ1) is 13.6. The highest BCUT2D eigenvalue weighted by atomic mass is 16.5. The van der Waals surface area contributed by atoms with Crippen LogP contribution in [0.1, 0.15) is 56.9 Å². The number of amides is 1. The van der Waals surface area contributed by atoms with Crippen LogP contribution in [-0.4, -0.2) is 47.7 Å². The third-order valence-corrected chi connectivity index (χ3v) is 5.28. The van der Waals surface area contributed by atoms with Gasteiger partial charge in [0.25, 0.3) is 0 Å². The number of rotatable bonds is 12. The molecule has 0 spiro atoms. The number of benzene rings is 1. The maximum atomic E-state index is 12.4. The molecule has 1 aromatic carbocycles. The summed E-state index contributed by atoms with van der Waals surface area (Å²) in [6, 6.07) is 10.4. The normalized spacial score (nSPS) is 18.5. The maximum Gasteiger partial charge on any atom is 0.303 e. The van der Waals surface area contributed by atoms with Crippen molar-refractivity contribution < 1.29 is 19.4 Å². The van der Waals surface area contributed by atoms with Gasteiger partial charge in [-0.3, -0.25) is 9.59 Å². The number of likely N-dealkylation sites (tertiary alicyclic amines) is 1. The molecule has 0 radical (unpaired) electrons. The fourth-order valence-corrected chi connectivity index (χ4v) is 3.68. The first-order valence-electron chi connectivity index (χ1n) is 10.4. The van der Waals surface area contributed by atoms with E-state index in [4.69, 9.17) is 9.84 Å². The summed E-state index contributed by atoms with van der Waals surface area (Å²) in [5, 5.41) is 8.69. The zero-order valence-corrected chi connectivity index (χ0v) is 16.9. The van der Waals surface area contributed by atoms with Crippen LogP contribution in [0.4, 0.5) is 0 Å². The number of piperidine rings is 1. The topological polar surface area (TPSA) is 66.8 Å². The quantitative estimate of drug-likeness (QED) is 0.431. The fourth-order valence-electron chi connectivity index (χ4n) is 3.68. The Morgan fingerprint density at radius 1 is 1.25 bits per heavy atom. The molecule has 1 fully saturated rings. The van der Waals surface area contributed by atoms with Gasteiger partial charge in [-0.1, -0.05) is 55.3 Å². The number of hydrogen-bond donors (Lipinski definition) is 1. The molecule has 28 heavy (non-hydrogen) atoms. The van der Waals surface area contributed by atoms with Crippen LogP contribution in [0.25, 0.3) is 0 Å². The second-order valence-electron chi connectivity index (χ2n) is 7.45. The third-order valence-electron chi connectivity index (χ3n) is 5.28. The zero-order valence-electron chi connectivity index (χ0n) is 16.9. The Hall–Kier alpha value is -2.14. The minimum Gasteiger partial charge on any atom is -0.481 e. The highest BCUT2D eigenvalue weighted by Gasteiger charge is 2.25. The van der Waals surface area contributed by atoms with Crippen molar-refractivity contribution in [1.82, 2.24) is 4.90 Å². The molecule has 154 valence electrons. The minimum absolute atomic E-state index is 0.00250. The number of carbonyl (C=O) groups excluding carboxylic acids is 1. The van der Waals surface area contributed by atoms with E-state index in [1.165, 1.54) is 5.56 Å². The van der Waals surface area contributed by atoms with E-state index in [0.717, 1.165) is 45.1 Å². The van der Waals surface area contributed by atoms with E-state index in [2.05, 4.69) is 24.3 Å². The summed E-state index contributed by atoms with van der Waals surface area (Å²) in [6.45, 7) is 0.747. The van der Waals surface area contributed by atoms with E-state index in [1.54, 1.807) is 7.11 Å². The van der Waals surface area contributed by atoms with Crippen molar-refractivity contribution in [2.75, 3.05) is 13.7 Å². The van der Waals surface area contributed by atoms with Gasteiger partial charge in [-0.15, -0.1) is 0 Å². The predicted molar refractivity (Wildman–Crippen MR) is 110 cm³/mol. The van der Waals surface area contributed by atoms with E-state index in [9.17, 15) is 9.59 Å². The van der Waals surface area contributed by atoms with Gasteiger partial charge >= 0.3 is 5.97 Å². The molecular weight excluding hydrogens is 354 g/mol. The molecule has 5 nitrogen and oxygen atoms in total. The fraction of sp³-hybridized carbons (Fsp3) is 0.565. The first-order valence-corrected chi connectivity index (χ1v) is 10.4. The highest BCUT2D eigenvalue weighted by Crippen LogP contribution is 2.21. The van der Waals surface area contributed by atoms with Crippen LogP contribution in [0.3, 0.4) is 0 Å². The van der Waals surface area contributed by atoms with Gasteiger partial charge in [0.05, 0.1) is 12.1 Å². The van der Waals surface area contributed by atoms with Crippen LogP contribution in [0.2, 0.25) is 0 Å². The van der Waals surface area contributed by atoms with E-state index in [-0.39, 0.29) is 24.5 Å². The Bertz CT molecular complexity index is 629. The summed E-state index contributed by atoms with van der Waals surface area (Å²) in [5.74, 6) is -0.511. The van der Waals surface area contributed by atoms with E-state index >= 15 is 0 Å².